The molecule has 0 spiro atoms. The number of carboxylic acid groups (broad SMARTS) is 1. The first kappa shape index (κ1) is 10.8. The molecule has 0 unspecified atom stereocenters. The van der Waals surface area contributed by atoms with Gasteiger partial charge >= 0.3 is 11.7 Å². The number of hydrogen-bond donors (Lipinski definition) is 2. The zero-order valence-corrected chi connectivity index (χ0v) is 9.41. The molecule has 0 atom stereocenters. The standard InChI is InChI=1S/C10H11N5O3/c16-8(17)5-14-10(18)15-7(13-14)3-4-11-9(15)12-6-1-2-6/h3-4,6H,1-2,5H2,(H,11,12)(H,16,17). The van der Waals surface area contributed by atoms with Gasteiger partial charge in [-0.3, -0.25) is 4.79 Å². The van der Waals surface area contributed by atoms with E-state index < -0.39 is 18.2 Å². The largest absolute Gasteiger partial charge is 0.480 e. The van der Waals surface area contributed by atoms with Crippen molar-refractivity contribution in [3.63, 3.8) is 0 Å². The molecule has 8 nitrogen and oxygen atoms in total. The van der Waals surface area contributed by atoms with E-state index in [0.29, 0.717) is 17.6 Å². The summed E-state index contributed by atoms with van der Waals surface area (Å²) < 4.78 is 2.21. The minimum atomic E-state index is -1.11. The molecule has 2 aromatic heterocycles. The van der Waals surface area contributed by atoms with Gasteiger partial charge in [0.25, 0.3) is 0 Å². The van der Waals surface area contributed by atoms with Gasteiger partial charge < -0.3 is 10.4 Å². The predicted molar refractivity (Wildman–Crippen MR) is 61.5 cm³/mol. The highest BCUT2D eigenvalue weighted by atomic mass is 16.4. The number of nitrogens with zero attached hydrogens (tertiary/aromatic N) is 4. The lowest BCUT2D eigenvalue weighted by Crippen LogP contribution is -2.26. The maximum Gasteiger partial charge on any atom is 0.353 e. The molecule has 0 bridgehead atoms. The van der Waals surface area contributed by atoms with Gasteiger partial charge in [-0.15, -0.1) is 5.10 Å². The molecule has 0 saturated heterocycles. The predicted octanol–water partition coefficient (Wildman–Crippen LogP) is -0.450. The van der Waals surface area contributed by atoms with E-state index in [9.17, 15) is 9.59 Å². The van der Waals surface area contributed by atoms with E-state index in [2.05, 4.69) is 15.4 Å². The first-order chi connectivity index (χ1) is 8.65. The van der Waals surface area contributed by atoms with Crippen LogP contribution in [0.3, 0.4) is 0 Å². The smallest absolute Gasteiger partial charge is 0.353 e. The van der Waals surface area contributed by atoms with Crippen molar-refractivity contribution >= 4 is 17.6 Å². The monoisotopic (exact) mass is 249 g/mol. The summed E-state index contributed by atoms with van der Waals surface area (Å²) >= 11 is 0. The minimum absolute atomic E-state index is 0.345. The molecule has 3 rings (SSSR count). The van der Waals surface area contributed by atoms with Gasteiger partial charge in [0.2, 0.25) is 5.95 Å². The first-order valence-electron chi connectivity index (χ1n) is 5.58. The molecule has 1 fully saturated rings. The normalized spacial score (nSPS) is 14.9. The van der Waals surface area contributed by atoms with Crippen molar-refractivity contribution in [2.45, 2.75) is 25.4 Å². The first-order valence-corrected chi connectivity index (χ1v) is 5.58. The van der Waals surface area contributed by atoms with Crippen LogP contribution >= 0.6 is 0 Å². The summed E-state index contributed by atoms with van der Waals surface area (Å²) in [5, 5.41) is 15.8. The molecule has 2 heterocycles. The highest BCUT2D eigenvalue weighted by Crippen LogP contribution is 2.23. The van der Waals surface area contributed by atoms with Gasteiger partial charge in [0.1, 0.15) is 6.54 Å². The van der Waals surface area contributed by atoms with E-state index in [1.54, 1.807) is 6.07 Å². The van der Waals surface area contributed by atoms with Crippen LogP contribution in [0, 0.1) is 0 Å². The molecule has 0 radical (unpaired) electrons. The van der Waals surface area contributed by atoms with Crippen LogP contribution in [-0.2, 0) is 11.3 Å². The fourth-order valence-electron chi connectivity index (χ4n) is 1.71. The van der Waals surface area contributed by atoms with Crippen molar-refractivity contribution < 1.29 is 9.90 Å². The third-order valence-electron chi connectivity index (χ3n) is 2.69. The second-order valence-corrected chi connectivity index (χ2v) is 4.21. The third-order valence-corrected chi connectivity index (χ3v) is 2.69. The average molecular weight is 249 g/mol. The Balaban J connectivity index is 2.11. The second kappa shape index (κ2) is 3.83. The molecule has 2 aromatic rings. The lowest BCUT2D eigenvalue weighted by molar-refractivity contribution is -0.137. The van der Waals surface area contributed by atoms with E-state index in [1.165, 1.54) is 10.6 Å². The Bertz CT molecular complexity index is 670. The van der Waals surface area contributed by atoms with Crippen molar-refractivity contribution in [2.75, 3.05) is 5.32 Å². The van der Waals surface area contributed by atoms with Gasteiger partial charge in [-0.2, -0.15) is 0 Å². The number of aromatic nitrogens is 4. The number of aliphatic carboxylic acids is 1. The number of hydrogen-bond acceptors (Lipinski definition) is 5. The molecular formula is C10H11N5O3. The second-order valence-electron chi connectivity index (χ2n) is 4.21. The molecule has 1 saturated carbocycles. The minimum Gasteiger partial charge on any atom is -0.480 e. The van der Waals surface area contributed by atoms with Gasteiger partial charge in [0.05, 0.1) is 0 Å². The van der Waals surface area contributed by atoms with Crippen LogP contribution in [0.1, 0.15) is 12.8 Å². The molecule has 0 amide bonds. The molecule has 0 aliphatic heterocycles. The number of nitrogens with one attached hydrogen (secondary N) is 1. The maximum atomic E-state index is 12.0. The molecule has 1 aliphatic rings. The summed E-state index contributed by atoms with van der Waals surface area (Å²) in [7, 11) is 0. The lowest BCUT2D eigenvalue weighted by Gasteiger charge is -2.03. The number of carbonyl (C=O) groups is 1. The van der Waals surface area contributed by atoms with E-state index in [1.807, 2.05) is 0 Å². The summed E-state index contributed by atoms with van der Waals surface area (Å²) in [5.41, 5.74) is -0.108. The quantitative estimate of drug-likeness (QED) is 0.761. The fourth-order valence-corrected chi connectivity index (χ4v) is 1.71. The summed E-state index contributed by atoms with van der Waals surface area (Å²) in [4.78, 5) is 26.7. The number of rotatable bonds is 4. The van der Waals surface area contributed by atoms with Crippen LogP contribution in [0.5, 0.6) is 0 Å². The molecular weight excluding hydrogens is 238 g/mol. The highest BCUT2D eigenvalue weighted by Gasteiger charge is 2.23. The van der Waals surface area contributed by atoms with Crippen LogP contribution in [0.2, 0.25) is 0 Å². The summed E-state index contributed by atoms with van der Waals surface area (Å²) in [6.07, 6.45) is 3.64. The van der Waals surface area contributed by atoms with Gasteiger partial charge in [-0.1, -0.05) is 0 Å². The lowest BCUT2D eigenvalue weighted by atomic mass is 10.6. The van der Waals surface area contributed by atoms with E-state index in [0.717, 1.165) is 17.5 Å². The van der Waals surface area contributed by atoms with Crippen LogP contribution in [0.25, 0.3) is 5.65 Å². The molecule has 94 valence electrons. The SMILES string of the molecule is O=C(O)Cn1nc2ccnc(NC3CC3)n2c1=O. The fraction of sp³-hybridized carbons (Fsp3) is 0.400. The van der Waals surface area contributed by atoms with E-state index in [4.69, 9.17) is 5.11 Å². The van der Waals surface area contributed by atoms with E-state index in [-0.39, 0.29) is 0 Å². The Morgan fingerprint density at radius 1 is 1.56 bits per heavy atom. The van der Waals surface area contributed by atoms with Gasteiger partial charge in [-0.05, 0) is 12.8 Å². The molecule has 1 aliphatic carbocycles. The zero-order chi connectivity index (χ0) is 12.7. The zero-order valence-electron chi connectivity index (χ0n) is 9.41. The Kier molecular flexibility index (Phi) is 2.29. The Morgan fingerprint density at radius 3 is 3.00 bits per heavy atom. The summed E-state index contributed by atoms with van der Waals surface area (Å²) in [6.45, 7) is -0.455. The number of carboxylic acids is 1. The van der Waals surface area contributed by atoms with Gasteiger partial charge in [0.15, 0.2) is 5.65 Å². The van der Waals surface area contributed by atoms with Crippen molar-refractivity contribution in [3.05, 3.63) is 22.7 Å². The summed E-state index contributed by atoms with van der Waals surface area (Å²) in [6, 6.07) is 1.91. The maximum absolute atomic E-state index is 12.0. The molecule has 0 aromatic carbocycles. The number of fused-ring (bicyclic) bond motifs is 1. The van der Waals surface area contributed by atoms with E-state index >= 15 is 0 Å². The van der Waals surface area contributed by atoms with Crippen molar-refractivity contribution in [2.24, 2.45) is 0 Å². The Morgan fingerprint density at radius 2 is 2.33 bits per heavy atom. The van der Waals surface area contributed by atoms with Crippen LogP contribution in [-0.4, -0.2) is 36.3 Å². The molecule has 8 heteroatoms. The number of anilines is 1. The van der Waals surface area contributed by atoms with Crippen LogP contribution < -0.4 is 11.0 Å². The average Bonchev–Trinajstić information content (AvgIpc) is 3.06. The van der Waals surface area contributed by atoms with Crippen molar-refractivity contribution in [3.8, 4) is 0 Å². The molecule has 18 heavy (non-hydrogen) atoms. The Labute approximate surface area is 101 Å². The van der Waals surface area contributed by atoms with Crippen molar-refractivity contribution in [1.82, 2.24) is 19.2 Å². The Hall–Kier alpha value is -2.38. The topological polar surface area (TPSA) is 102 Å². The van der Waals surface area contributed by atoms with Crippen molar-refractivity contribution in [1.29, 1.82) is 0 Å². The molecule has 2 N–H and O–H groups in total. The van der Waals surface area contributed by atoms with Gasteiger partial charge in [0, 0.05) is 18.3 Å². The highest BCUT2D eigenvalue weighted by molar-refractivity contribution is 5.66. The van der Waals surface area contributed by atoms with Gasteiger partial charge in [-0.25, -0.2) is 18.9 Å². The third kappa shape index (κ3) is 1.81. The van der Waals surface area contributed by atoms with Crippen LogP contribution in [0.15, 0.2) is 17.1 Å². The van der Waals surface area contributed by atoms with Crippen LogP contribution in [0.4, 0.5) is 5.95 Å². The summed E-state index contributed by atoms with van der Waals surface area (Å²) in [5.74, 6) is -0.693.